The minimum Gasteiger partial charge on any atom is -0.371 e. The fourth-order valence-electron chi connectivity index (χ4n) is 4.16. The van der Waals surface area contributed by atoms with Gasteiger partial charge in [0.05, 0.1) is 0 Å². The third kappa shape index (κ3) is 3.39. The molecule has 1 heterocycles. The van der Waals surface area contributed by atoms with Crippen LogP contribution >= 0.6 is 0 Å². The minimum atomic E-state index is -0.115. The van der Waals surface area contributed by atoms with Gasteiger partial charge in [0.1, 0.15) is 5.82 Å². The Balaban J connectivity index is 1.68. The molecule has 1 aromatic carbocycles. The van der Waals surface area contributed by atoms with Gasteiger partial charge < -0.3 is 10.2 Å². The van der Waals surface area contributed by atoms with Gasteiger partial charge in [-0.15, -0.1) is 0 Å². The molecule has 2 fully saturated rings. The first-order chi connectivity index (χ1) is 10.2. The van der Waals surface area contributed by atoms with Crippen LogP contribution < -0.4 is 10.2 Å². The molecule has 2 aliphatic rings. The molecule has 0 unspecified atom stereocenters. The Morgan fingerprint density at radius 3 is 2.43 bits per heavy atom. The Morgan fingerprint density at radius 1 is 1.05 bits per heavy atom. The van der Waals surface area contributed by atoms with Crippen molar-refractivity contribution in [3.8, 4) is 0 Å². The van der Waals surface area contributed by atoms with Crippen molar-refractivity contribution in [3.63, 3.8) is 0 Å². The molecule has 1 N–H and O–H groups in total. The highest BCUT2D eigenvalue weighted by atomic mass is 19.1. The molecule has 3 rings (SSSR count). The number of rotatable bonds is 3. The fraction of sp³-hybridized carbons (Fsp3) is 0.667. The van der Waals surface area contributed by atoms with Gasteiger partial charge in [0.25, 0.3) is 0 Å². The molecule has 0 radical (unpaired) electrons. The first-order valence-electron chi connectivity index (χ1n) is 8.40. The lowest BCUT2D eigenvalue weighted by molar-refractivity contribution is 0.144. The third-order valence-electron chi connectivity index (χ3n) is 5.43. The maximum absolute atomic E-state index is 13.8. The summed E-state index contributed by atoms with van der Waals surface area (Å²) in [7, 11) is 1.90. The number of hydrogen-bond donors (Lipinski definition) is 1. The topological polar surface area (TPSA) is 15.3 Å². The molecule has 1 aliphatic heterocycles. The van der Waals surface area contributed by atoms with Crippen molar-refractivity contribution in [1.29, 1.82) is 0 Å². The van der Waals surface area contributed by atoms with Crippen LogP contribution in [-0.2, 0) is 6.54 Å². The number of piperidine rings is 1. The number of benzene rings is 1. The van der Waals surface area contributed by atoms with Crippen molar-refractivity contribution in [2.24, 2.45) is 5.41 Å². The quantitative estimate of drug-likeness (QED) is 0.901. The number of hydrogen-bond acceptors (Lipinski definition) is 2. The molecule has 0 bridgehead atoms. The molecule has 0 atom stereocenters. The first-order valence-corrected chi connectivity index (χ1v) is 8.40. The second-order valence-electron chi connectivity index (χ2n) is 6.90. The maximum Gasteiger partial charge on any atom is 0.125 e. The van der Waals surface area contributed by atoms with Crippen molar-refractivity contribution in [3.05, 3.63) is 29.6 Å². The second kappa shape index (κ2) is 6.35. The summed E-state index contributed by atoms with van der Waals surface area (Å²) < 4.78 is 13.8. The Hall–Kier alpha value is -1.09. The number of nitrogens with zero attached hydrogens (tertiary/aromatic N) is 1. The molecule has 1 spiro atoms. The van der Waals surface area contributed by atoms with Gasteiger partial charge in [-0.1, -0.05) is 19.3 Å². The molecular weight excluding hydrogens is 263 g/mol. The van der Waals surface area contributed by atoms with Crippen LogP contribution in [0.25, 0.3) is 0 Å². The monoisotopic (exact) mass is 290 g/mol. The predicted molar refractivity (Wildman–Crippen MR) is 86.1 cm³/mol. The molecule has 116 valence electrons. The van der Waals surface area contributed by atoms with E-state index in [0.717, 1.165) is 30.9 Å². The van der Waals surface area contributed by atoms with Gasteiger partial charge in [-0.05, 0) is 61.9 Å². The van der Waals surface area contributed by atoms with Gasteiger partial charge in [0, 0.05) is 25.3 Å². The molecular formula is C18H27FN2. The Bertz CT molecular complexity index is 470. The average molecular weight is 290 g/mol. The average Bonchev–Trinajstić information content (AvgIpc) is 2.48. The van der Waals surface area contributed by atoms with E-state index in [0.29, 0.717) is 5.41 Å². The SMILES string of the molecule is CNCc1cc(F)cc(N2CCC3(CCCCC3)CC2)c1. The van der Waals surface area contributed by atoms with E-state index in [-0.39, 0.29) is 5.82 Å². The van der Waals surface area contributed by atoms with Crippen molar-refractivity contribution >= 4 is 5.69 Å². The van der Waals surface area contributed by atoms with Crippen LogP contribution in [0.4, 0.5) is 10.1 Å². The van der Waals surface area contributed by atoms with Gasteiger partial charge in [-0.3, -0.25) is 0 Å². The van der Waals surface area contributed by atoms with Gasteiger partial charge in [0.2, 0.25) is 0 Å². The summed E-state index contributed by atoms with van der Waals surface area (Å²) in [4.78, 5) is 2.38. The lowest BCUT2D eigenvalue weighted by Crippen LogP contribution is -2.41. The highest BCUT2D eigenvalue weighted by Gasteiger charge is 2.35. The van der Waals surface area contributed by atoms with Gasteiger partial charge in [-0.2, -0.15) is 0 Å². The van der Waals surface area contributed by atoms with E-state index in [4.69, 9.17) is 0 Å². The largest absolute Gasteiger partial charge is 0.371 e. The molecule has 1 aliphatic carbocycles. The summed E-state index contributed by atoms with van der Waals surface area (Å²) in [5.41, 5.74) is 2.70. The lowest BCUT2D eigenvalue weighted by Gasteiger charge is -2.45. The summed E-state index contributed by atoms with van der Waals surface area (Å²) in [5.74, 6) is -0.115. The summed E-state index contributed by atoms with van der Waals surface area (Å²) in [5, 5.41) is 3.10. The lowest BCUT2D eigenvalue weighted by atomic mass is 9.68. The van der Waals surface area contributed by atoms with E-state index in [9.17, 15) is 4.39 Å². The summed E-state index contributed by atoms with van der Waals surface area (Å²) in [6.07, 6.45) is 9.63. The molecule has 0 aromatic heterocycles. The fourth-order valence-corrected chi connectivity index (χ4v) is 4.16. The maximum atomic E-state index is 13.8. The van der Waals surface area contributed by atoms with Gasteiger partial charge in [-0.25, -0.2) is 4.39 Å². The standard InChI is InChI=1S/C18H27FN2/c1-20-14-15-11-16(19)13-17(12-15)21-9-7-18(8-10-21)5-3-2-4-6-18/h11-13,20H,2-10,14H2,1H3. The van der Waals surface area contributed by atoms with E-state index in [2.05, 4.69) is 16.3 Å². The zero-order chi connectivity index (χ0) is 14.7. The van der Waals surface area contributed by atoms with Gasteiger partial charge >= 0.3 is 0 Å². The van der Waals surface area contributed by atoms with Crippen molar-refractivity contribution < 1.29 is 4.39 Å². The third-order valence-corrected chi connectivity index (χ3v) is 5.43. The van der Waals surface area contributed by atoms with E-state index in [1.54, 1.807) is 12.1 Å². The van der Waals surface area contributed by atoms with Crippen LogP contribution in [0.2, 0.25) is 0 Å². The van der Waals surface area contributed by atoms with Crippen molar-refractivity contribution in [2.45, 2.75) is 51.5 Å². The van der Waals surface area contributed by atoms with E-state index in [1.807, 2.05) is 7.05 Å². The number of anilines is 1. The molecule has 1 aromatic rings. The smallest absolute Gasteiger partial charge is 0.125 e. The van der Waals surface area contributed by atoms with Crippen LogP contribution in [-0.4, -0.2) is 20.1 Å². The highest BCUT2D eigenvalue weighted by molar-refractivity contribution is 5.49. The zero-order valence-electron chi connectivity index (χ0n) is 13.1. The second-order valence-corrected chi connectivity index (χ2v) is 6.90. The summed E-state index contributed by atoms with van der Waals surface area (Å²) in [6.45, 7) is 2.90. The normalized spacial score (nSPS) is 21.7. The Labute approximate surface area is 127 Å². The molecule has 1 saturated carbocycles. The van der Waals surface area contributed by atoms with Crippen LogP contribution in [0.15, 0.2) is 18.2 Å². The zero-order valence-corrected chi connectivity index (χ0v) is 13.1. The summed E-state index contributed by atoms with van der Waals surface area (Å²) >= 11 is 0. The molecule has 1 saturated heterocycles. The van der Waals surface area contributed by atoms with Gasteiger partial charge in [0.15, 0.2) is 0 Å². The number of nitrogens with one attached hydrogen (secondary N) is 1. The molecule has 3 heteroatoms. The molecule has 21 heavy (non-hydrogen) atoms. The van der Waals surface area contributed by atoms with E-state index >= 15 is 0 Å². The summed E-state index contributed by atoms with van der Waals surface area (Å²) in [6, 6.07) is 5.46. The van der Waals surface area contributed by atoms with Crippen LogP contribution in [0.1, 0.15) is 50.5 Å². The predicted octanol–water partition coefficient (Wildman–Crippen LogP) is 4.10. The van der Waals surface area contributed by atoms with Crippen molar-refractivity contribution in [2.75, 3.05) is 25.0 Å². The van der Waals surface area contributed by atoms with E-state index in [1.165, 1.54) is 44.9 Å². The van der Waals surface area contributed by atoms with Crippen molar-refractivity contribution in [1.82, 2.24) is 5.32 Å². The molecule has 2 nitrogen and oxygen atoms in total. The minimum absolute atomic E-state index is 0.115. The van der Waals surface area contributed by atoms with E-state index < -0.39 is 0 Å². The Kier molecular flexibility index (Phi) is 4.48. The van der Waals surface area contributed by atoms with Crippen LogP contribution in [0.3, 0.4) is 0 Å². The highest BCUT2D eigenvalue weighted by Crippen LogP contribution is 2.45. The first kappa shape index (κ1) is 14.8. The Morgan fingerprint density at radius 2 is 1.76 bits per heavy atom. The molecule has 0 amide bonds. The van der Waals surface area contributed by atoms with Crippen LogP contribution in [0.5, 0.6) is 0 Å². The number of halogens is 1. The van der Waals surface area contributed by atoms with Crippen LogP contribution in [0, 0.1) is 11.2 Å².